The third kappa shape index (κ3) is 3.93. The van der Waals surface area contributed by atoms with E-state index in [2.05, 4.69) is 21.8 Å². The minimum absolute atomic E-state index is 0.232. The number of morpholine rings is 1. The topological polar surface area (TPSA) is 54.5 Å². The second-order valence-electron chi connectivity index (χ2n) is 5.41. The molecule has 1 aromatic heterocycles. The number of carbonyl (C=O) groups is 1. The van der Waals surface area contributed by atoms with Gasteiger partial charge in [-0.1, -0.05) is 30.3 Å². The fourth-order valence-corrected chi connectivity index (χ4v) is 2.75. The number of hydrogen-bond acceptors (Lipinski definition) is 4. The molecule has 0 bridgehead atoms. The van der Waals surface area contributed by atoms with Gasteiger partial charge in [-0.3, -0.25) is 4.79 Å². The molecule has 3 rings (SSSR count). The van der Waals surface area contributed by atoms with E-state index in [1.54, 1.807) is 0 Å². The van der Waals surface area contributed by atoms with Gasteiger partial charge in [0.1, 0.15) is 11.0 Å². The van der Waals surface area contributed by atoms with Crippen molar-refractivity contribution >= 4 is 29.0 Å². The zero-order valence-electron chi connectivity index (χ0n) is 13.2. The SMILES string of the molecule is C=CC(=O)Nc1ccc(-c2cc(Cl)nc(N3CCOCC3)c2)cc1. The first kappa shape index (κ1) is 16.5. The largest absolute Gasteiger partial charge is 0.378 e. The Hall–Kier alpha value is -2.37. The van der Waals surface area contributed by atoms with Gasteiger partial charge in [0.25, 0.3) is 0 Å². The van der Waals surface area contributed by atoms with Crippen molar-refractivity contribution in [3.05, 3.63) is 54.2 Å². The molecule has 124 valence electrons. The molecule has 0 unspecified atom stereocenters. The maximum Gasteiger partial charge on any atom is 0.247 e. The van der Waals surface area contributed by atoms with Crippen LogP contribution in [0.3, 0.4) is 0 Å². The molecule has 1 amide bonds. The van der Waals surface area contributed by atoms with Gasteiger partial charge >= 0.3 is 0 Å². The van der Waals surface area contributed by atoms with Crippen LogP contribution in [-0.4, -0.2) is 37.2 Å². The number of anilines is 2. The van der Waals surface area contributed by atoms with Gasteiger partial charge in [-0.2, -0.15) is 0 Å². The Kier molecular flexibility index (Phi) is 5.13. The number of pyridine rings is 1. The van der Waals surface area contributed by atoms with Crippen molar-refractivity contribution in [1.82, 2.24) is 4.98 Å². The minimum Gasteiger partial charge on any atom is -0.378 e. The maximum absolute atomic E-state index is 11.3. The molecule has 6 heteroatoms. The molecule has 0 radical (unpaired) electrons. The smallest absolute Gasteiger partial charge is 0.247 e. The van der Waals surface area contributed by atoms with Crippen LogP contribution in [0.5, 0.6) is 0 Å². The third-order valence-electron chi connectivity index (χ3n) is 3.79. The third-order valence-corrected chi connectivity index (χ3v) is 3.98. The number of hydrogen-bond donors (Lipinski definition) is 1. The molecule has 1 N–H and O–H groups in total. The van der Waals surface area contributed by atoms with E-state index in [4.69, 9.17) is 16.3 Å². The van der Waals surface area contributed by atoms with E-state index in [0.29, 0.717) is 18.4 Å². The van der Waals surface area contributed by atoms with Crippen molar-refractivity contribution in [2.24, 2.45) is 0 Å². The first-order valence-electron chi connectivity index (χ1n) is 7.70. The van der Waals surface area contributed by atoms with E-state index in [1.165, 1.54) is 6.08 Å². The highest BCUT2D eigenvalue weighted by atomic mass is 35.5. The van der Waals surface area contributed by atoms with Crippen LogP contribution in [0.2, 0.25) is 5.15 Å². The highest BCUT2D eigenvalue weighted by molar-refractivity contribution is 6.29. The standard InChI is InChI=1S/C18H18ClN3O2/c1-2-18(23)20-15-5-3-13(4-6-15)14-11-16(19)21-17(12-14)22-7-9-24-10-8-22/h2-6,11-12H,1,7-10H2,(H,20,23). The van der Waals surface area contributed by atoms with Gasteiger partial charge in [-0.25, -0.2) is 4.98 Å². The van der Waals surface area contributed by atoms with Crippen molar-refractivity contribution in [1.29, 1.82) is 0 Å². The second kappa shape index (κ2) is 7.47. The number of benzene rings is 1. The van der Waals surface area contributed by atoms with Crippen LogP contribution in [0, 0.1) is 0 Å². The molecule has 24 heavy (non-hydrogen) atoms. The lowest BCUT2D eigenvalue weighted by Gasteiger charge is -2.28. The van der Waals surface area contributed by atoms with Gasteiger partial charge in [-0.15, -0.1) is 0 Å². The molecule has 2 aromatic rings. The number of nitrogens with zero attached hydrogens (tertiary/aromatic N) is 2. The zero-order valence-corrected chi connectivity index (χ0v) is 13.9. The van der Waals surface area contributed by atoms with Crippen molar-refractivity contribution in [2.75, 3.05) is 36.5 Å². The predicted molar refractivity (Wildman–Crippen MR) is 96.5 cm³/mol. The molecule has 0 aliphatic carbocycles. The van der Waals surface area contributed by atoms with E-state index in [0.717, 1.165) is 35.7 Å². The Morgan fingerprint density at radius 3 is 2.58 bits per heavy atom. The van der Waals surface area contributed by atoms with Crippen LogP contribution in [0.15, 0.2) is 49.1 Å². The Balaban J connectivity index is 1.84. The molecule has 1 saturated heterocycles. The molecule has 1 aliphatic heterocycles. The molecule has 0 spiro atoms. The molecular formula is C18H18ClN3O2. The van der Waals surface area contributed by atoms with Crippen LogP contribution in [0.1, 0.15) is 0 Å². The summed E-state index contributed by atoms with van der Waals surface area (Å²) in [7, 11) is 0. The lowest BCUT2D eigenvalue weighted by atomic mass is 10.1. The Morgan fingerprint density at radius 2 is 1.92 bits per heavy atom. The van der Waals surface area contributed by atoms with Gasteiger partial charge in [0.05, 0.1) is 13.2 Å². The van der Waals surface area contributed by atoms with Gasteiger partial charge in [0.15, 0.2) is 0 Å². The molecule has 1 aliphatic rings. The number of nitrogens with one attached hydrogen (secondary N) is 1. The summed E-state index contributed by atoms with van der Waals surface area (Å²) in [5, 5.41) is 3.18. The number of ether oxygens (including phenoxy) is 1. The maximum atomic E-state index is 11.3. The summed E-state index contributed by atoms with van der Waals surface area (Å²) < 4.78 is 5.38. The van der Waals surface area contributed by atoms with Crippen molar-refractivity contribution in [2.45, 2.75) is 0 Å². The average Bonchev–Trinajstić information content (AvgIpc) is 2.62. The quantitative estimate of drug-likeness (QED) is 0.683. The summed E-state index contributed by atoms with van der Waals surface area (Å²) in [6.07, 6.45) is 1.24. The molecule has 0 atom stereocenters. The fraction of sp³-hybridized carbons (Fsp3) is 0.222. The zero-order chi connectivity index (χ0) is 16.9. The van der Waals surface area contributed by atoms with Crippen LogP contribution < -0.4 is 10.2 Å². The van der Waals surface area contributed by atoms with E-state index >= 15 is 0 Å². The monoisotopic (exact) mass is 343 g/mol. The van der Waals surface area contributed by atoms with E-state index in [1.807, 2.05) is 36.4 Å². The van der Waals surface area contributed by atoms with Crippen molar-refractivity contribution < 1.29 is 9.53 Å². The van der Waals surface area contributed by atoms with Gasteiger partial charge in [-0.05, 0) is 41.5 Å². The second-order valence-corrected chi connectivity index (χ2v) is 5.79. The summed E-state index contributed by atoms with van der Waals surface area (Å²) in [5.74, 6) is 0.620. The molecular weight excluding hydrogens is 326 g/mol. The van der Waals surface area contributed by atoms with Crippen LogP contribution >= 0.6 is 11.6 Å². The van der Waals surface area contributed by atoms with Crippen LogP contribution in [0.4, 0.5) is 11.5 Å². The number of amides is 1. The summed E-state index contributed by atoms with van der Waals surface area (Å²) in [6.45, 7) is 6.44. The molecule has 1 aromatic carbocycles. The van der Waals surface area contributed by atoms with E-state index in [9.17, 15) is 4.79 Å². The number of carbonyl (C=O) groups excluding carboxylic acids is 1. The Labute approximate surface area is 145 Å². The lowest BCUT2D eigenvalue weighted by molar-refractivity contribution is -0.111. The van der Waals surface area contributed by atoms with Crippen LogP contribution in [-0.2, 0) is 9.53 Å². The number of aromatic nitrogens is 1. The first-order chi connectivity index (χ1) is 11.7. The minimum atomic E-state index is -0.232. The normalized spacial score (nSPS) is 14.3. The summed E-state index contributed by atoms with van der Waals surface area (Å²) in [5.41, 5.74) is 2.71. The summed E-state index contributed by atoms with van der Waals surface area (Å²) >= 11 is 6.20. The highest BCUT2D eigenvalue weighted by Gasteiger charge is 2.14. The number of rotatable bonds is 4. The highest BCUT2D eigenvalue weighted by Crippen LogP contribution is 2.28. The lowest BCUT2D eigenvalue weighted by Crippen LogP contribution is -2.36. The van der Waals surface area contributed by atoms with E-state index in [-0.39, 0.29) is 5.91 Å². The first-order valence-corrected chi connectivity index (χ1v) is 8.07. The van der Waals surface area contributed by atoms with Crippen molar-refractivity contribution in [3.63, 3.8) is 0 Å². The predicted octanol–water partition coefficient (Wildman–Crippen LogP) is 3.36. The molecule has 1 fully saturated rings. The molecule has 5 nitrogen and oxygen atoms in total. The Morgan fingerprint density at radius 1 is 1.21 bits per heavy atom. The van der Waals surface area contributed by atoms with Crippen LogP contribution in [0.25, 0.3) is 11.1 Å². The fourth-order valence-electron chi connectivity index (χ4n) is 2.54. The summed E-state index contributed by atoms with van der Waals surface area (Å²) in [6, 6.07) is 11.4. The Bertz CT molecular complexity index is 740. The molecule has 2 heterocycles. The van der Waals surface area contributed by atoms with Gasteiger partial charge < -0.3 is 15.0 Å². The average molecular weight is 344 g/mol. The number of halogens is 1. The van der Waals surface area contributed by atoms with Gasteiger partial charge in [0, 0.05) is 18.8 Å². The summed E-state index contributed by atoms with van der Waals surface area (Å²) in [4.78, 5) is 17.9. The van der Waals surface area contributed by atoms with Crippen molar-refractivity contribution in [3.8, 4) is 11.1 Å². The molecule has 0 saturated carbocycles. The van der Waals surface area contributed by atoms with E-state index < -0.39 is 0 Å². The van der Waals surface area contributed by atoms with Gasteiger partial charge in [0.2, 0.25) is 5.91 Å².